The normalized spacial score (nSPS) is 25.6. The molecule has 1 heterocycles. The predicted octanol–water partition coefficient (Wildman–Crippen LogP) is 1.48. The van der Waals surface area contributed by atoms with Crippen LogP contribution in [0.2, 0.25) is 0 Å². The van der Waals surface area contributed by atoms with E-state index < -0.39 is 11.8 Å². The summed E-state index contributed by atoms with van der Waals surface area (Å²) in [6, 6.07) is 0. The van der Waals surface area contributed by atoms with Crippen molar-refractivity contribution in [2.24, 2.45) is 0 Å². The van der Waals surface area contributed by atoms with Gasteiger partial charge < -0.3 is 18.9 Å². The molecule has 0 amide bonds. The lowest BCUT2D eigenvalue weighted by atomic mass is 10.0. The van der Waals surface area contributed by atoms with Gasteiger partial charge in [0.1, 0.15) is 31.2 Å². The lowest BCUT2D eigenvalue weighted by Crippen LogP contribution is -2.46. The molecule has 1 unspecified atom stereocenters. The van der Waals surface area contributed by atoms with E-state index in [-0.39, 0.29) is 6.61 Å². The molecule has 1 aliphatic rings. The van der Waals surface area contributed by atoms with Crippen LogP contribution in [0.25, 0.3) is 0 Å². The molecule has 1 aliphatic heterocycles. The zero-order chi connectivity index (χ0) is 11.3. The first kappa shape index (κ1) is 11.8. The van der Waals surface area contributed by atoms with Crippen molar-refractivity contribution in [3.05, 3.63) is 12.3 Å². The van der Waals surface area contributed by atoms with Gasteiger partial charge in [0.25, 0.3) is 0 Å². The third-order valence-corrected chi connectivity index (χ3v) is 2.34. The molecule has 1 rings (SSSR count). The average molecular weight is 216 g/mol. The van der Waals surface area contributed by atoms with Crippen LogP contribution in [0.4, 0.5) is 4.79 Å². The maximum absolute atomic E-state index is 10.8. The second-order valence-corrected chi connectivity index (χ2v) is 3.40. The molecule has 0 aromatic heterocycles. The van der Waals surface area contributed by atoms with Gasteiger partial charge in [0.15, 0.2) is 0 Å². The fourth-order valence-corrected chi connectivity index (χ4v) is 1.19. The van der Waals surface area contributed by atoms with Crippen LogP contribution in [0.5, 0.6) is 0 Å². The third-order valence-electron chi connectivity index (χ3n) is 2.34. The van der Waals surface area contributed by atoms with E-state index in [9.17, 15) is 4.79 Å². The zero-order valence-corrected chi connectivity index (χ0v) is 9.08. The minimum atomic E-state index is -0.712. The number of rotatable bonds is 3. The number of hydrogen-bond acceptors (Lipinski definition) is 5. The second-order valence-electron chi connectivity index (χ2n) is 3.40. The number of ether oxygens (including phenoxy) is 4. The Balaban J connectivity index is 2.46. The standard InChI is InChI=1S/C10H16O5/c1-4-10(7-14-9(11)12-3)6-13-8(2)5-15-10/h2,4-7H2,1,3H3. The van der Waals surface area contributed by atoms with Crippen LogP contribution < -0.4 is 0 Å². The highest BCUT2D eigenvalue weighted by atomic mass is 16.7. The molecule has 0 aliphatic carbocycles. The van der Waals surface area contributed by atoms with Crippen molar-refractivity contribution in [2.45, 2.75) is 18.9 Å². The summed E-state index contributed by atoms with van der Waals surface area (Å²) in [6.07, 6.45) is -0.0205. The van der Waals surface area contributed by atoms with Crippen LogP contribution >= 0.6 is 0 Å². The van der Waals surface area contributed by atoms with E-state index >= 15 is 0 Å². The SMILES string of the molecule is C=C1COC(CC)(COC(=O)OC)CO1. The Morgan fingerprint density at radius 1 is 1.67 bits per heavy atom. The fourth-order valence-electron chi connectivity index (χ4n) is 1.19. The Kier molecular flexibility index (Phi) is 3.96. The summed E-state index contributed by atoms with van der Waals surface area (Å²) in [7, 11) is 1.26. The topological polar surface area (TPSA) is 54.0 Å². The molecular formula is C10H16O5. The van der Waals surface area contributed by atoms with Gasteiger partial charge in [0.2, 0.25) is 0 Å². The summed E-state index contributed by atoms with van der Waals surface area (Å²) in [4.78, 5) is 10.8. The van der Waals surface area contributed by atoms with Gasteiger partial charge in [-0.2, -0.15) is 0 Å². The van der Waals surface area contributed by atoms with Gasteiger partial charge in [0.05, 0.1) is 7.11 Å². The summed E-state index contributed by atoms with van der Waals surface area (Å²) in [5.41, 5.74) is -0.574. The number of hydrogen-bond donors (Lipinski definition) is 0. The highest BCUT2D eigenvalue weighted by Gasteiger charge is 2.35. The fraction of sp³-hybridized carbons (Fsp3) is 0.700. The smallest absolute Gasteiger partial charge is 0.493 e. The van der Waals surface area contributed by atoms with Gasteiger partial charge in [-0.3, -0.25) is 0 Å². The third kappa shape index (κ3) is 3.13. The maximum Gasteiger partial charge on any atom is 0.508 e. The largest absolute Gasteiger partial charge is 0.508 e. The number of carbonyl (C=O) groups is 1. The summed E-state index contributed by atoms with van der Waals surface area (Å²) in [5, 5.41) is 0. The Hall–Kier alpha value is -1.23. The molecule has 0 spiro atoms. The quantitative estimate of drug-likeness (QED) is 0.669. The van der Waals surface area contributed by atoms with Crippen molar-refractivity contribution in [1.82, 2.24) is 0 Å². The molecule has 0 N–H and O–H groups in total. The van der Waals surface area contributed by atoms with Gasteiger partial charge in [-0.05, 0) is 6.42 Å². The van der Waals surface area contributed by atoms with Crippen LogP contribution in [-0.2, 0) is 18.9 Å². The Morgan fingerprint density at radius 3 is 2.87 bits per heavy atom. The summed E-state index contributed by atoms with van der Waals surface area (Å²) in [5.74, 6) is 0.595. The van der Waals surface area contributed by atoms with E-state index in [0.29, 0.717) is 25.4 Å². The van der Waals surface area contributed by atoms with E-state index in [1.807, 2.05) is 6.92 Å². The molecule has 1 saturated heterocycles. The summed E-state index contributed by atoms with van der Waals surface area (Å²) < 4.78 is 20.1. The molecule has 15 heavy (non-hydrogen) atoms. The van der Waals surface area contributed by atoms with Crippen LogP contribution in [0.1, 0.15) is 13.3 Å². The second kappa shape index (κ2) is 5.02. The first-order valence-corrected chi connectivity index (χ1v) is 4.77. The van der Waals surface area contributed by atoms with Gasteiger partial charge >= 0.3 is 6.16 Å². The molecule has 0 aromatic rings. The zero-order valence-electron chi connectivity index (χ0n) is 9.08. The summed E-state index contributed by atoms with van der Waals surface area (Å²) >= 11 is 0. The molecule has 5 nitrogen and oxygen atoms in total. The lowest BCUT2D eigenvalue weighted by Gasteiger charge is -2.36. The van der Waals surface area contributed by atoms with E-state index in [1.54, 1.807) is 0 Å². The Morgan fingerprint density at radius 2 is 2.40 bits per heavy atom. The van der Waals surface area contributed by atoms with Crippen LogP contribution in [0, 0.1) is 0 Å². The molecule has 5 heteroatoms. The number of methoxy groups -OCH3 is 1. The van der Waals surface area contributed by atoms with E-state index in [2.05, 4.69) is 11.3 Å². The predicted molar refractivity (Wildman–Crippen MR) is 52.4 cm³/mol. The van der Waals surface area contributed by atoms with E-state index in [1.165, 1.54) is 7.11 Å². The van der Waals surface area contributed by atoms with Crippen molar-refractivity contribution in [3.63, 3.8) is 0 Å². The van der Waals surface area contributed by atoms with Crippen molar-refractivity contribution >= 4 is 6.16 Å². The molecule has 0 bridgehead atoms. The molecule has 0 radical (unpaired) electrons. The van der Waals surface area contributed by atoms with Crippen LogP contribution in [0.15, 0.2) is 12.3 Å². The molecule has 0 saturated carbocycles. The van der Waals surface area contributed by atoms with Crippen LogP contribution in [0.3, 0.4) is 0 Å². The van der Waals surface area contributed by atoms with E-state index in [4.69, 9.17) is 14.2 Å². The first-order valence-electron chi connectivity index (χ1n) is 4.77. The van der Waals surface area contributed by atoms with Gasteiger partial charge in [-0.1, -0.05) is 13.5 Å². The Bertz CT molecular complexity index is 238. The minimum absolute atomic E-state index is 0.128. The molecule has 1 atom stereocenters. The van der Waals surface area contributed by atoms with Crippen LogP contribution in [-0.4, -0.2) is 38.7 Å². The molecule has 1 fully saturated rings. The molecular weight excluding hydrogens is 200 g/mol. The maximum atomic E-state index is 10.8. The van der Waals surface area contributed by atoms with Gasteiger partial charge in [-0.25, -0.2) is 4.79 Å². The molecule has 0 aromatic carbocycles. The molecule has 86 valence electrons. The van der Waals surface area contributed by atoms with E-state index in [0.717, 1.165) is 0 Å². The van der Waals surface area contributed by atoms with Crippen molar-refractivity contribution < 1.29 is 23.7 Å². The first-order chi connectivity index (χ1) is 7.12. The highest BCUT2D eigenvalue weighted by Crippen LogP contribution is 2.24. The van der Waals surface area contributed by atoms with Crippen molar-refractivity contribution in [3.8, 4) is 0 Å². The lowest BCUT2D eigenvalue weighted by molar-refractivity contribution is -0.153. The average Bonchev–Trinajstić information content (AvgIpc) is 2.28. The van der Waals surface area contributed by atoms with Gasteiger partial charge in [-0.15, -0.1) is 0 Å². The summed E-state index contributed by atoms with van der Waals surface area (Å²) in [6.45, 7) is 6.40. The highest BCUT2D eigenvalue weighted by molar-refractivity contribution is 5.59. The minimum Gasteiger partial charge on any atom is -0.493 e. The van der Waals surface area contributed by atoms with Crippen molar-refractivity contribution in [2.75, 3.05) is 26.9 Å². The van der Waals surface area contributed by atoms with Crippen molar-refractivity contribution in [1.29, 1.82) is 0 Å². The monoisotopic (exact) mass is 216 g/mol. The Labute approximate surface area is 88.9 Å². The number of carbonyl (C=O) groups excluding carboxylic acids is 1. The van der Waals surface area contributed by atoms with Gasteiger partial charge in [0, 0.05) is 0 Å².